The second-order valence-corrected chi connectivity index (χ2v) is 3.39. The summed E-state index contributed by atoms with van der Waals surface area (Å²) >= 11 is 5.55. The van der Waals surface area contributed by atoms with Crippen LogP contribution in [0.25, 0.3) is 0 Å². The number of aryl methyl sites for hydroxylation is 1. The summed E-state index contributed by atoms with van der Waals surface area (Å²) in [7, 11) is 0. The summed E-state index contributed by atoms with van der Waals surface area (Å²) in [5, 5.41) is 12.0. The van der Waals surface area contributed by atoms with Crippen molar-refractivity contribution in [2.45, 2.75) is 6.92 Å². The first-order chi connectivity index (χ1) is 7.00. The fraction of sp³-hybridized carbons (Fsp3) is 0.222. The Kier molecular flexibility index (Phi) is 3.62. The summed E-state index contributed by atoms with van der Waals surface area (Å²) in [6, 6.07) is 0. The molecule has 80 valence electrons. The highest BCUT2D eigenvalue weighted by Crippen LogP contribution is 2.12. The van der Waals surface area contributed by atoms with Gasteiger partial charge in [-0.2, -0.15) is 0 Å². The van der Waals surface area contributed by atoms with Crippen LogP contribution in [0.15, 0.2) is 17.8 Å². The summed E-state index contributed by atoms with van der Waals surface area (Å²) in [6.45, 7) is 5.41. The maximum absolute atomic E-state index is 10.8. The number of anilines is 1. The summed E-state index contributed by atoms with van der Waals surface area (Å²) in [4.78, 5) is 18.6. The van der Waals surface area contributed by atoms with Gasteiger partial charge >= 0.3 is 5.97 Å². The molecule has 0 saturated carbocycles. The monoisotopic (exact) mass is 227 g/mol. The molecule has 1 aromatic rings. The topological polar surface area (TPSA) is 75.1 Å². The van der Waals surface area contributed by atoms with Crippen molar-refractivity contribution in [1.82, 2.24) is 9.97 Å². The largest absolute Gasteiger partial charge is 0.477 e. The molecule has 0 aliphatic heterocycles. The van der Waals surface area contributed by atoms with Crippen LogP contribution in [0.3, 0.4) is 0 Å². The maximum Gasteiger partial charge on any atom is 0.341 e. The third-order valence-corrected chi connectivity index (χ3v) is 1.72. The molecule has 0 saturated heterocycles. The van der Waals surface area contributed by atoms with E-state index in [9.17, 15) is 4.79 Å². The van der Waals surface area contributed by atoms with Crippen LogP contribution in [0.5, 0.6) is 0 Å². The molecule has 6 heteroatoms. The zero-order chi connectivity index (χ0) is 11.4. The molecule has 0 amide bonds. The van der Waals surface area contributed by atoms with Crippen LogP contribution in [0.1, 0.15) is 16.2 Å². The molecule has 0 unspecified atom stereocenters. The number of carbonyl (C=O) groups is 1. The molecule has 1 aromatic heterocycles. The van der Waals surface area contributed by atoms with Crippen LogP contribution in [0.4, 0.5) is 5.82 Å². The Hall–Kier alpha value is -1.62. The molecule has 15 heavy (non-hydrogen) atoms. The molecule has 1 rings (SSSR count). The van der Waals surface area contributed by atoms with E-state index in [1.807, 2.05) is 0 Å². The smallest absolute Gasteiger partial charge is 0.341 e. The summed E-state index contributed by atoms with van der Waals surface area (Å²) < 4.78 is 0. The minimum absolute atomic E-state index is 0.0125. The lowest BCUT2D eigenvalue weighted by Crippen LogP contribution is -2.11. The highest BCUT2D eigenvalue weighted by atomic mass is 35.5. The van der Waals surface area contributed by atoms with E-state index in [0.29, 0.717) is 10.9 Å². The molecule has 5 nitrogen and oxygen atoms in total. The molecule has 0 bridgehead atoms. The van der Waals surface area contributed by atoms with E-state index in [1.165, 1.54) is 6.20 Å². The first-order valence-corrected chi connectivity index (χ1v) is 4.52. The Labute approximate surface area is 91.8 Å². The van der Waals surface area contributed by atoms with Gasteiger partial charge in [0, 0.05) is 11.2 Å². The molecule has 0 radical (unpaired) electrons. The number of aromatic nitrogens is 2. The van der Waals surface area contributed by atoms with Gasteiger partial charge in [-0.05, 0) is 6.92 Å². The molecule has 0 spiro atoms. The number of nitrogens with zero attached hydrogens (tertiary/aromatic N) is 2. The first-order valence-electron chi connectivity index (χ1n) is 4.15. The van der Waals surface area contributed by atoms with Crippen LogP contribution in [0, 0.1) is 6.92 Å². The number of hydrogen-bond donors (Lipinski definition) is 2. The van der Waals surface area contributed by atoms with Gasteiger partial charge in [0.15, 0.2) is 0 Å². The average Bonchev–Trinajstić information content (AvgIpc) is 2.14. The molecule has 2 N–H and O–H groups in total. The van der Waals surface area contributed by atoms with Crippen molar-refractivity contribution in [3.63, 3.8) is 0 Å². The predicted molar refractivity (Wildman–Crippen MR) is 57.2 cm³/mol. The van der Waals surface area contributed by atoms with Crippen LogP contribution >= 0.6 is 11.6 Å². The van der Waals surface area contributed by atoms with Crippen molar-refractivity contribution in [2.75, 3.05) is 11.9 Å². The third-order valence-electron chi connectivity index (χ3n) is 1.59. The van der Waals surface area contributed by atoms with E-state index < -0.39 is 5.97 Å². The molecule has 0 aromatic carbocycles. The van der Waals surface area contributed by atoms with Crippen molar-refractivity contribution in [1.29, 1.82) is 0 Å². The van der Waals surface area contributed by atoms with Crippen LogP contribution in [-0.4, -0.2) is 27.6 Å². The molecule has 0 atom stereocenters. The molecule has 1 heterocycles. The van der Waals surface area contributed by atoms with E-state index in [-0.39, 0.29) is 17.9 Å². The Morgan fingerprint density at radius 2 is 2.40 bits per heavy atom. The first kappa shape index (κ1) is 11.5. The second-order valence-electron chi connectivity index (χ2n) is 2.86. The molecule has 0 fully saturated rings. The van der Waals surface area contributed by atoms with Gasteiger partial charge in [-0.15, -0.1) is 0 Å². The van der Waals surface area contributed by atoms with Gasteiger partial charge in [-0.3, -0.25) is 0 Å². The van der Waals surface area contributed by atoms with E-state index in [4.69, 9.17) is 16.7 Å². The summed E-state index contributed by atoms with van der Waals surface area (Å²) in [5.74, 6) is -0.350. The molecule has 0 aliphatic rings. The van der Waals surface area contributed by atoms with Gasteiger partial charge in [-0.1, -0.05) is 18.2 Å². The number of halogens is 1. The third kappa shape index (κ3) is 3.21. The summed E-state index contributed by atoms with van der Waals surface area (Å²) in [5.41, 5.74) is 0.0125. The molecular weight excluding hydrogens is 218 g/mol. The SMILES string of the molecule is C=C(Cl)CNc1nc(C)ncc1C(=O)O. The Bertz CT molecular complexity index is 406. The van der Waals surface area contributed by atoms with Gasteiger partial charge in [0.1, 0.15) is 17.2 Å². The Morgan fingerprint density at radius 3 is 2.93 bits per heavy atom. The number of carboxylic acid groups (broad SMARTS) is 1. The highest BCUT2D eigenvalue weighted by Gasteiger charge is 2.11. The fourth-order valence-electron chi connectivity index (χ4n) is 0.941. The predicted octanol–water partition coefficient (Wildman–Crippen LogP) is 1.65. The van der Waals surface area contributed by atoms with Crippen LogP contribution in [0.2, 0.25) is 0 Å². The fourth-order valence-corrected chi connectivity index (χ4v) is 1.01. The lowest BCUT2D eigenvalue weighted by atomic mass is 10.3. The molecular formula is C9H10ClN3O2. The number of rotatable bonds is 4. The summed E-state index contributed by atoms with van der Waals surface area (Å²) in [6.07, 6.45) is 1.25. The van der Waals surface area contributed by atoms with Crippen molar-refractivity contribution < 1.29 is 9.90 Å². The lowest BCUT2D eigenvalue weighted by Gasteiger charge is -2.07. The van der Waals surface area contributed by atoms with E-state index in [2.05, 4.69) is 21.9 Å². The highest BCUT2D eigenvalue weighted by molar-refractivity contribution is 6.29. The van der Waals surface area contributed by atoms with Gasteiger partial charge < -0.3 is 10.4 Å². The quantitative estimate of drug-likeness (QED) is 0.818. The minimum Gasteiger partial charge on any atom is -0.477 e. The van der Waals surface area contributed by atoms with E-state index in [1.54, 1.807) is 6.92 Å². The number of hydrogen-bond acceptors (Lipinski definition) is 4. The van der Waals surface area contributed by atoms with Crippen molar-refractivity contribution in [3.05, 3.63) is 29.2 Å². The zero-order valence-electron chi connectivity index (χ0n) is 8.12. The van der Waals surface area contributed by atoms with Gasteiger partial charge in [0.05, 0.1) is 6.54 Å². The minimum atomic E-state index is -1.09. The van der Waals surface area contributed by atoms with Gasteiger partial charge in [-0.25, -0.2) is 14.8 Å². The van der Waals surface area contributed by atoms with Crippen molar-refractivity contribution in [3.8, 4) is 0 Å². The van der Waals surface area contributed by atoms with E-state index in [0.717, 1.165) is 0 Å². The van der Waals surface area contributed by atoms with Crippen molar-refractivity contribution >= 4 is 23.4 Å². The standard InChI is InChI=1S/C9H10ClN3O2/c1-5(10)3-12-8-7(9(14)15)4-11-6(2)13-8/h4H,1,3H2,2H3,(H,14,15)(H,11,12,13). The normalized spacial score (nSPS) is 9.73. The van der Waals surface area contributed by atoms with E-state index >= 15 is 0 Å². The zero-order valence-corrected chi connectivity index (χ0v) is 8.88. The number of carboxylic acids is 1. The Morgan fingerprint density at radius 1 is 1.73 bits per heavy atom. The van der Waals surface area contributed by atoms with Gasteiger partial charge in [0.25, 0.3) is 0 Å². The Balaban J connectivity index is 2.96. The van der Waals surface area contributed by atoms with Gasteiger partial charge in [0.2, 0.25) is 0 Å². The number of aromatic carboxylic acids is 1. The van der Waals surface area contributed by atoms with Crippen molar-refractivity contribution in [2.24, 2.45) is 0 Å². The lowest BCUT2D eigenvalue weighted by molar-refractivity contribution is 0.0697. The number of nitrogens with one attached hydrogen (secondary N) is 1. The average molecular weight is 228 g/mol. The molecule has 0 aliphatic carbocycles. The van der Waals surface area contributed by atoms with Crippen LogP contribution < -0.4 is 5.32 Å². The maximum atomic E-state index is 10.8. The second kappa shape index (κ2) is 4.75. The van der Waals surface area contributed by atoms with Crippen LogP contribution in [-0.2, 0) is 0 Å².